The summed E-state index contributed by atoms with van der Waals surface area (Å²) in [6.45, 7) is 5.56. The van der Waals surface area contributed by atoms with Crippen molar-refractivity contribution in [3.63, 3.8) is 0 Å². The lowest BCUT2D eigenvalue weighted by Crippen LogP contribution is -2.44. The van der Waals surface area contributed by atoms with Gasteiger partial charge in [0.25, 0.3) is 0 Å². The van der Waals surface area contributed by atoms with Crippen LogP contribution >= 0.6 is 0 Å². The Hall–Kier alpha value is -1.09. The monoisotopic (exact) mass is 277 g/mol. The molecule has 0 aromatic heterocycles. The van der Waals surface area contributed by atoms with Crippen molar-refractivity contribution in [2.24, 2.45) is 11.8 Å². The fourth-order valence-corrected chi connectivity index (χ4v) is 3.56. The van der Waals surface area contributed by atoms with Crippen LogP contribution in [0.3, 0.4) is 0 Å². The van der Waals surface area contributed by atoms with Crippen LogP contribution in [0.25, 0.3) is 0 Å². The summed E-state index contributed by atoms with van der Waals surface area (Å²) in [5, 5.41) is 3.67. The first-order chi connectivity index (χ1) is 9.63. The van der Waals surface area contributed by atoms with Crippen LogP contribution in [-0.2, 0) is 6.42 Å². The summed E-state index contributed by atoms with van der Waals surface area (Å²) < 4.78 is 19.1. The van der Waals surface area contributed by atoms with Crippen molar-refractivity contribution in [2.75, 3.05) is 6.54 Å². The summed E-state index contributed by atoms with van der Waals surface area (Å²) in [6.07, 6.45) is 4.90. The molecule has 0 saturated heterocycles. The maximum atomic E-state index is 13.2. The van der Waals surface area contributed by atoms with Gasteiger partial charge in [-0.2, -0.15) is 0 Å². The fraction of sp³-hybridized carbons (Fsp3) is 0.647. The molecule has 1 fully saturated rings. The Balaban J connectivity index is 1.53. The second kappa shape index (κ2) is 5.72. The molecule has 4 unspecified atom stereocenters. The van der Waals surface area contributed by atoms with Gasteiger partial charge in [-0.05, 0) is 36.5 Å². The molecule has 2 aliphatic rings. The average molecular weight is 277 g/mol. The van der Waals surface area contributed by atoms with Crippen molar-refractivity contribution in [1.82, 2.24) is 5.32 Å². The lowest BCUT2D eigenvalue weighted by Gasteiger charge is -2.35. The van der Waals surface area contributed by atoms with Gasteiger partial charge in [0.15, 0.2) is 0 Å². The zero-order chi connectivity index (χ0) is 14.1. The quantitative estimate of drug-likeness (QED) is 0.912. The van der Waals surface area contributed by atoms with E-state index in [4.69, 9.17) is 4.74 Å². The van der Waals surface area contributed by atoms with Crippen molar-refractivity contribution >= 4 is 0 Å². The highest BCUT2D eigenvalue weighted by molar-refractivity contribution is 5.37. The van der Waals surface area contributed by atoms with E-state index in [1.54, 1.807) is 12.1 Å². The molecule has 110 valence electrons. The summed E-state index contributed by atoms with van der Waals surface area (Å²) in [6, 6.07) is 5.42. The number of rotatable bonds is 3. The van der Waals surface area contributed by atoms with Crippen LogP contribution in [0, 0.1) is 17.7 Å². The minimum atomic E-state index is -0.171. The molecule has 0 amide bonds. The summed E-state index contributed by atoms with van der Waals surface area (Å²) in [4.78, 5) is 0. The Morgan fingerprint density at radius 2 is 2.15 bits per heavy atom. The SMILES string of the molecule is CC1CCCC(NCC2Cc3cc(F)ccc3O2)C1C. The molecule has 2 nitrogen and oxygen atoms in total. The third-order valence-electron chi connectivity index (χ3n) is 5.08. The number of hydrogen-bond acceptors (Lipinski definition) is 2. The van der Waals surface area contributed by atoms with E-state index in [1.165, 1.54) is 25.3 Å². The van der Waals surface area contributed by atoms with Gasteiger partial charge in [0.05, 0.1) is 0 Å². The number of fused-ring (bicyclic) bond motifs is 1. The van der Waals surface area contributed by atoms with Crippen LogP contribution < -0.4 is 10.1 Å². The van der Waals surface area contributed by atoms with Gasteiger partial charge < -0.3 is 10.1 Å². The van der Waals surface area contributed by atoms with Crippen LogP contribution in [0.2, 0.25) is 0 Å². The molecule has 0 radical (unpaired) electrons. The molecule has 0 spiro atoms. The van der Waals surface area contributed by atoms with Crippen molar-refractivity contribution in [1.29, 1.82) is 0 Å². The summed E-state index contributed by atoms with van der Waals surface area (Å²) in [5.41, 5.74) is 1.00. The first-order valence-corrected chi connectivity index (χ1v) is 7.82. The van der Waals surface area contributed by atoms with E-state index in [-0.39, 0.29) is 11.9 Å². The normalized spacial score (nSPS) is 32.8. The van der Waals surface area contributed by atoms with Gasteiger partial charge in [-0.15, -0.1) is 0 Å². The van der Waals surface area contributed by atoms with Gasteiger partial charge in [0.1, 0.15) is 17.7 Å². The standard InChI is InChI=1S/C17H24FNO/c1-11-4-3-5-16(12(11)2)19-10-15-9-13-8-14(18)6-7-17(13)20-15/h6-8,11-12,15-16,19H,3-5,9-10H2,1-2H3. The highest BCUT2D eigenvalue weighted by atomic mass is 19.1. The molecule has 20 heavy (non-hydrogen) atoms. The van der Waals surface area contributed by atoms with Crippen LogP contribution in [0.4, 0.5) is 4.39 Å². The zero-order valence-electron chi connectivity index (χ0n) is 12.4. The van der Waals surface area contributed by atoms with Gasteiger partial charge >= 0.3 is 0 Å². The fourth-order valence-electron chi connectivity index (χ4n) is 3.56. The summed E-state index contributed by atoms with van der Waals surface area (Å²) in [7, 11) is 0. The maximum absolute atomic E-state index is 13.2. The maximum Gasteiger partial charge on any atom is 0.123 e. The predicted octanol–water partition coefficient (Wildman–Crippen LogP) is 3.54. The first kappa shape index (κ1) is 13.9. The number of hydrogen-bond donors (Lipinski definition) is 1. The largest absolute Gasteiger partial charge is 0.488 e. The number of nitrogens with one attached hydrogen (secondary N) is 1. The second-order valence-corrected chi connectivity index (χ2v) is 6.48. The molecule has 1 aromatic carbocycles. The molecule has 1 N–H and O–H groups in total. The topological polar surface area (TPSA) is 21.3 Å². The van der Waals surface area contributed by atoms with E-state index < -0.39 is 0 Å². The molecular weight excluding hydrogens is 253 g/mol. The molecule has 3 heteroatoms. The van der Waals surface area contributed by atoms with Crippen molar-refractivity contribution < 1.29 is 9.13 Å². The summed E-state index contributed by atoms with van der Waals surface area (Å²) in [5.74, 6) is 2.21. The lowest BCUT2D eigenvalue weighted by atomic mass is 9.78. The molecule has 4 atom stereocenters. The van der Waals surface area contributed by atoms with E-state index in [1.807, 2.05) is 0 Å². The Bertz CT molecular complexity index is 476. The molecule has 1 aromatic rings. The highest BCUT2D eigenvalue weighted by Gasteiger charge is 2.29. The minimum absolute atomic E-state index is 0.149. The minimum Gasteiger partial charge on any atom is -0.488 e. The van der Waals surface area contributed by atoms with Crippen LogP contribution in [0.5, 0.6) is 5.75 Å². The molecule has 0 bridgehead atoms. The van der Waals surface area contributed by atoms with Gasteiger partial charge in [0.2, 0.25) is 0 Å². The number of ether oxygens (including phenoxy) is 1. The van der Waals surface area contributed by atoms with E-state index in [0.29, 0.717) is 6.04 Å². The van der Waals surface area contributed by atoms with Gasteiger partial charge in [0, 0.05) is 24.6 Å². The van der Waals surface area contributed by atoms with Gasteiger partial charge in [-0.25, -0.2) is 4.39 Å². The summed E-state index contributed by atoms with van der Waals surface area (Å²) >= 11 is 0. The molecular formula is C17H24FNO. The first-order valence-electron chi connectivity index (χ1n) is 7.82. The van der Waals surface area contributed by atoms with E-state index in [2.05, 4.69) is 19.2 Å². The third kappa shape index (κ3) is 2.83. The van der Waals surface area contributed by atoms with Crippen LogP contribution in [0.1, 0.15) is 38.7 Å². The van der Waals surface area contributed by atoms with Gasteiger partial charge in [-0.3, -0.25) is 0 Å². The zero-order valence-corrected chi connectivity index (χ0v) is 12.4. The number of halogens is 1. The predicted molar refractivity (Wildman–Crippen MR) is 78.5 cm³/mol. The molecule has 1 heterocycles. The Morgan fingerprint density at radius 1 is 1.30 bits per heavy atom. The van der Waals surface area contributed by atoms with Crippen molar-refractivity contribution in [2.45, 2.75) is 51.7 Å². The van der Waals surface area contributed by atoms with Crippen molar-refractivity contribution in [3.05, 3.63) is 29.6 Å². The van der Waals surface area contributed by atoms with Gasteiger partial charge in [-0.1, -0.05) is 26.7 Å². The molecule has 1 aliphatic carbocycles. The van der Waals surface area contributed by atoms with E-state index in [9.17, 15) is 4.39 Å². The third-order valence-corrected chi connectivity index (χ3v) is 5.08. The Kier molecular flexibility index (Phi) is 3.97. The number of benzene rings is 1. The van der Waals surface area contributed by atoms with E-state index >= 15 is 0 Å². The average Bonchev–Trinajstić information content (AvgIpc) is 2.82. The Labute approximate surface area is 120 Å². The Morgan fingerprint density at radius 3 is 3.00 bits per heavy atom. The molecule has 1 saturated carbocycles. The van der Waals surface area contributed by atoms with Crippen LogP contribution in [0.15, 0.2) is 18.2 Å². The second-order valence-electron chi connectivity index (χ2n) is 6.48. The molecule has 3 rings (SSSR count). The van der Waals surface area contributed by atoms with E-state index in [0.717, 1.165) is 36.1 Å². The highest BCUT2D eigenvalue weighted by Crippen LogP contribution is 2.31. The van der Waals surface area contributed by atoms with Crippen LogP contribution in [-0.4, -0.2) is 18.7 Å². The molecule has 1 aliphatic heterocycles. The lowest BCUT2D eigenvalue weighted by molar-refractivity contribution is 0.173. The smallest absolute Gasteiger partial charge is 0.123 e. The van der Waals surface area contributed by atoms with Crippen molar-refractivity contribution in [3.8, 4) is 5.75 Å².